The van der Waals surface area contributed by atoms with Crippen molar-refractivity contribution < 1.29 is 4.79 Å². The molecule has 2 rings (SSSR count). The Kier molecular flexibility index (Phi) is 4.03. The van der Waals surface area contributed by atoms with Crippen LogP contribution in [0.1, 0.15) is 13.8 Å². The first-order chi connectivity index (χ1) is 8.63. The standard InChI is InChI=1S/C11H14N4OS2/c1-3-15-10(8-5-4-6-17-8)13-14-11(15)18-7(2)9(12)16/h4-7H,3H2,1-2H3,(H2,12,16)/t7-/m0/s1. The molecule has 5 nitrogen and oxygen atoms in total. The second-order valence-electron chi connectivity index (χ2n) is 3.69. The van der Waals surface area contributed by atoms with Crippen LogP contribution in [0.25, 0.3) is 10.7 Å². The van der Waals surface area contributed by atoms with E-state index in [9.17, 15) is 4.79 Å². The number of primary amides is 1. The fraction of sp³-hybridized carbons (Fsp3) is 0.364. The average molecular weight is 282 g/mol. The van der Waals surface area contributed by atoms with Crippen molar-refractivity contribution in [2.45, 2.75) is 30.8 Å². The minimum atomic E-state index is -0.344. The summed E-state index contributed by atoms with van der Waals surface area (Å²) in [6.45, 7) is 4.56. The molecule has 0 unspecified atom stereocenters. The van der Waals surface area contributed by atoms with E-state index in [1.165, 1.54) is 11.8 Å². The summed E-state index contributed by atoms with van der Waals surface area (Å²) >= 11 is 2.96. The predicted octanol–water partition coefficient (Wildman–Crippen LogP) is 1.99. The van der Waals surface area contributed by atoms with Crippen LogP contribution >= 0.6 is 23.1 Å². The molecule has 1 amide bonds. The van der Waals surface area contributed by atoms with Crippen molar-refractivity contribution in [3.63, 3.8) is 0 Å². The zero-order valence-electron chi connectivity index (χ0n) is 10.2. The first-order valence-electron chi connectivity index (χ1n) is 5.56. The minimum Gasteiger partial charge on any atom is -0.369 e. The summed E-state index contributed by atoms with van der Waals surface area (Å²) in [5, 5.41) is 10.8. The highest BCUT2D eigenvalue weighted by Gasteiger charge is 2.18. The van der Waals surface area contributed by atoms with Gasteiger partial charge >= 0.3 is 0 Å². The van der Waals surface area contributed by atoms with Gasteiger partial charge < -0.3 is 10.3 Å². The van der Waals surface area contributed by atoms with Crippen molar-refractivity contribution in [3.05, 3.63) is 17.5 Å². The molecule has 0 radical (unpaired) electrons. The highest BCUT2D eigenvalue weighted by atomic mass is 32.2. The van der Waals surface area contributed by atoms with Crippen LogP contribution in [0.5, 0.6) is 0 Å². The second-order valence-corrected chi connectivity index (χ2v) is 5.95. The van der Waals surface area contributed by atoms with Gasteiger partial charge in [-0.2, -0.15) is 0 Å². The van der Waals surface area contributed by atoms with Crippen molar-refractivity contribution in [3.8, 4) is 10.7 Å². The Morgan fingerprint density at radius 3 is 2.94 bits per heavy atom. The Bertz CT molecular complexity index is 535. The number of carbonyl (C=O) groups is 1. The fourth-order valence-corrected chi connectivity index (χ4v) is 3.05. The summed E-state index contributed by atoms with van der Waals surface area (Å²) in [4.78, 5) is 12.2. The van der Waals surface area contributed by atoms with Crippen LogP contribution in [0.4, 0.5) is 0 Å². The van der Waals surface area contributed by atoms with E-state index in [2.05, 4.69) is 10.2 Å². The van der Waals surface area contributed by atoms with Crippen molar-refractivity contribution in [2.24, 2.45) is 5.73 Å². The maximum Gasteiger partial charge on any atom is 0.230 e. The normalized spacial score (nSPS) is 12.6. The third kappa shape index (κ3) is 2.56. The van der Waals surface area contributed by atoms with Gasteiger partial charge in [-0.15, -0.1) is 21.5 Å². The van der Waals surface area contributed by atoms with Crippen LogP contribution in [-0.2, 0) is 11.3 Å². The molecule has 0 spiro atoms. The molecule has 2 N–H and O–H groups in total. The molecular formula is C11H14N4OS2. The molecule has 7 heteroatoms. The molecule has 0 aliphatic rings. The third-order valence-electron chi connectivity index (χ3n) is 2.46. The largest absolute Gasteiger partial charge is 0.369 e. The quantitative estimate of drug-likeness (QED) is 0.851. The number of aromatic nitrogens is 3. The number of hydrogen-bond donors (Lipinski definition) is 1. The van der Waals surface area contributed by atoms with Crippen LogP contribution in [0.15, 0.2) is 22.7 Å². The highest BCUT2D eigenvalue weighted by Crippen LogP contribution is 2.28. The first kappa shape index (κ1) is 13.1. The summed E-state index contributed by atoms with van der Waals surface area (Å²) in [5.41, 5.74) is 5.26. The van der Waals surface area contributed by atoms with Gasteiger partial charge in [0.15, 0.2) is 11.0 Å². The monoisotopic (exact) mass is 282 g/mol. The van der Waals surface area contributed by atoms with E-state index in [1.807, 2.05) is 29.0 Å². The number of hydrogen-bond acceptors (Lipinski definition) is 5. The summed E-state index contributed by atoms with van der Waals surface area (Å²) in [7, 11) is 0. The Balaban J connectivity index is 2.30. The molecule has 0 bridgehead atoms. The molecule has 2 aromatic heterocycles. The molecule has 0 saturated carbocycles. The zero-order valence-corrected chi connectivity index (χ0v) is 11.8. The lowest BCUT2D eigenvalue weighted by Crippen LogP contribution is -2.23. The molecule has 18 heavy (non-hydrogen) atoms. The molecule has 0 aliphatic heterocycles. The number of amides is 1. The summed E-state index contributed by atoms with van der Waals surface area (Å²) in [6, 6.07) is 3.99. The molecule has 2 heterocycles. The molecule has 96 valence electrons. The van der Waals surface area contributed by atoms with Crippen LogP contribution in [0.2, 0.25) is 0 Å². The van der Waals surface area contributed by atoms with Gasteiger partial charge in [-0.3, -0.25) is 4.79 Å². The number of thiophene rings is 1. The van der Waals surface area contributed by atoms with E-state index in [1.54, 1.807) is 18.3 Å². The van der Waals surface area contributed by atoms with Gasteiger partial charge in [-0.05, 0) is 25.3 Å². The highest BCUT2D eigenvalue weighted by molar-refractivity contribution is 8.00. The Labute approximate surface area is 113 Å². The van der Waals surface area contributed by atoms with E-state index in [0.29, 0.717) is 0 Å². The number of nitrogens with two attached hydrogens (primary N) is 1. The lowest BCUT2D eigenvalue weighted by molar-refractivity contribution is -0.117. The van der Waals surface area contributed by atoms with Gasteiger partial charge in [-0.25, -0.2) is 0 Å². The van der Waals surface area contributed by atoms with E-state index < -0.39 is 0 Å². The number of rotatable bonds is 5. The predicted molar refractivity (Wildman–Crippen MR) is 73.5 cm³/mol. The minimum absolute atomic E-state index is 0.310. The van der Waals surface area contributed by atoms with Crippen molar-refractivity contribution >= 4 is 29.0 Å². The molecular weight excluding hydrogens is 268 g/mol. The van der Waals surface area contributed by atoms with Crippen molar-refractivity contribution in [2.75, 3.05) is 0 Å². The van der Waals surface area contributed by atoms with E-state index in [-0.39, 0.29) is 11.2 Å². The average Bonchev–Trinajstić information content (AvgIpc) is 2.96. The van der Waals surface area contributed by atoms with Gasteiger partial charge in [0.2, 0.25) is 5.91 Å². The van der Waals surface area contributed by atoms with Crippen LogP contribution in [-0.4, -0.2) is 25.9 Å². The number of carbonyl (C=O) groups excluding carboxylic acids is 1. The third-order valence-corrected chi connectivity index (χ3v) is 4.42. The maximum absolute atomic E-state index is 11.1. The first-order valence-corrected chi connectivity index (χ1v) is 7.32. The van der Waals surface area contributed by atoms with E-state index >= 15 is 0 Å². The Morgan fingerprint density at radius 1 is 1.61 bits per heavy atom. The molecule has 0 fully saturated rings. The molecule has 0 aromatic carbocycles. The van der Waals surface area contributed by atoms with Crippen LogP contribution < -0.4 is 5.73 Å². The topological polar surface area (TPSA) is 73.8 Å². The summed E-state index contributed by atoms with van der Waals surface area (Å²) in [6.07, 6.45) is 0. The van der Waals surface area contributed by atoms with Crippen LogP contribution in [0.3, 0.4) is 0 Å². The Morgan fingerprint density at radius 2 is 2.39 bits per heavy atom. The molecule has 1 atom stereocenters. The van der Waals surface area contributed by atoms with Gasteiger partial charge in [-0.1, -0.05) is 17.8 Å². The molecule has 0 saturated heterocycles. The Hall–Kier alpha value is -1.34. The smallest absolute Gasteiger partial charge is 0.230 e. The van der Waals surface area contributed by atoms with E-state index in [0.717, 1.165) is 22.4 Å². The summed E-state index contributed by atoms with van der Waals surface area (Å²) in [5.74, 6) is 0.495. The number of nitrogens with zero attached hydrogens (tertiary/aromatic N) is 3. The van der Waals surface area contributed by atoms with Gasteiger partial charge in [0, 0.05) is 6.54 Å². The molecule has 2 aromatic rings. The molecule has 0 aliphatic carbocycles. The summed E-state index contributed by atoms with van der Waals surface area (Å²) < 4.78 is 2.00. The number of thioether (sulfide) groups is 1. The SMILES string of the molecule is CCn1c(S[C@@H](C)C(N)=O)nnc1-c1cccs1. The lowest BCUT2D eigenvalue weighted by Gasteiger charge is -2.08. The van der Waals surface area contributed by atoms with Crippen molar-refractivity contribution in [1.29, 1.82) is 0 Å². The van der Waals surface area contributed by atoms with Crippen LogP contribution in [0, 0.1) is 0 Å². The van der Waals surface area contributed by atoms with Gasteiger partial charge in [0.05, 0.1) is 10.1 Å². The van der Waals surface area contributed by atoms with E-state index in [4.69, 9.17) is 5.73 Å². The van der Waals surface area contributed by atoms with Crippen molar-refractivity contribution in [1.82, 2.24) is 14.8 Å². The lowest BCUT2D eigenvalue weighted by atomic mass is 10.4. The van der Waals surface area contributed by atoms with Gasteiger partial charge in [0.25, 0.3) is 0 Å². The zero-order chi connectivity index (χ0) is 13.1. The maximum atomic E-state index is 11.1. The van der Waals surface area contributed by atoms with Gasteiger partial charge in [0.1, 0.15) is 0 Å². The fourth-order valence-electron chi connectivity index (χ4n) is 1.47. The second kappa shape index (κ2) is 5.53.